The molecule has 4 N–H and O–H groups in total. The monoisotopic (exact) mass is 490 g/mol. The Morgan fingerprint density at radius 3 is 2.48 bits per heavy atom. The van der Waals surface area contributed by atoms with Gasteiger partial charge in [0.2, 0.25) is 5.82 Å². The summed E-state index contributed by atoms with van der Waals surface area (Å²) in [5.41, 5.74) is 4.85. The van der Waals surface area contributed by atoms with Gasteiger partial charge in [-0.2, -0.15) is 14.6 Å². The molecule has 13 heteroatoms. The molecule has 4 rings (SSSR count). The van der Waals surface area contributed by atoms with Crippen LogP contribution in [0, 0.1) is 5.82 Å². The number of nitrogens with two attached hydrogens (primary N) is 1. The summed E-state index contributed by atoms with van der Waals surface area (Å²) in [6.07, 6.45) is 1.33. The van der Waals surface area contributed by atoms with Crippen molar-refractivity contribution >= 4 is 29.0 Å². The number of anilines is 1. The van der Waals surface area contributed by atoms with Crippen LogP contribution in [0.2, 0.25) is 10.0 Å². The Labute approximate surface area is 194 Å². The zero-order chi connectivity index (χ0) is 23.7. The summed E-state index contributed by atoms with van der Waals surface area (Å²) in [7, 11) is 0. The van der Waals surface area contributed by atoms with Crippen LogP contribution in [0.25, 0.3) is 5.69 Å². The van der Waals surface area contributed by atoms with Gasteiger partial charge in [0.15, 0.2) is 11.5 Å². The molecule has 0 radical (unpaired) electrons. The highest BCUT2D eigenvalue weighted by Gasteiger charge is 2.17. The van der Waals surface area contributed by atoms with Gasteiger partial charge >= 0.3 is 11.7 Å². The van der Waals surface area contributed by atoms with Gasteiger partial charge in [0, 0.05) is 6.42 Å². The number of aromatic hydroxyl groups is 1. The number of H-pyrrole nitrogens is 1. The van der Waals surface area contributed by atoms with Crippen LogP contribution >= 0.6 is 23.2 Å². The SMILES string of the molecule is Nc1nn(-c2cc(Cl)c(Oc3ncc(O)c(Cc4ccc(F)cc4)n3)c(Cl)c2)c(=O)[nH]c1=O. The van der Waals surface area contributed by atoms with Crippen molar-refractivity contribution in [1.29, 1.82) is 0 Å². The highest BCUT2D eigenvalue weighted by molar-refractivity contribution is 6.37. The van der Waals surface area contributed by atoms with Crippen LogP contribution in [0.1, 0.15) is 11.3 Å². The minimum atomic E-state index is -0.845. The van der Waals surface area contributed by atoms with Crippen molar-refractivity contribution in [1.82, 2.24) is 24.7 Å². The molecule has 168 valence electrons. The van der Waals surface area contributed by atoms with E-state index in [4.69, 9.17) is 33.7 Å². The molecule has 33 heavy (non-hydrogen) atoms. The number of rotatable bonds is 5. The van der Waals surface area contributed by atoms with Gasteiger partial charge in [0.1, 0.15) is 5.82 Å². The number of nitrogens with one attached hydrogen (secondary N) is 1. The molecular weight excluding hydrogens is 478 g/mol. The number of halogens is 3. The lowest BCUT2D eigenvalue weighted by molar-refractivity contribution is 0.421. The van der Waals surface area contributed by atoms with E-state index in [2.05, 4.69) is 15.1 Å². The van der Waals surface area contributed by atoms with Gasteiger partial charge in [-0.3, -0.25) is 9.78 Å². The Hall–Kier alpha value is -3.96. The molecular formula is C20H13Cl2FN6O4. The number of benzene rings is 2. The zero-order valence-corrected chi connectivity index (χ0v) is 17.9. The van der Waals surface area contributed by atoms with Crippen molar-refractivity contribution in [2.45, 2.75) is 6.42 Å². The first-order chi connectivity index (χ1) is 15.7. The normalized spacial score (nSPS) is 10.9. The Bertz CT molecular complexity index is 1450. The molecule has 4 aromatic rings. The van der Waals surface area contributed by atoms with Crippen molar-refractivity contribution < 1.29 is 14.2 Å². The van der Waals surface area contributed by atoms with Crippen LogP contribution in [0.3, 0.4) is 0 Å². The Morgan fingerprint density at radius 1 is 1.15 bits per heavy atom. The van der Waals surface area contributed by atoms with E-state index in [0.717, 1.165) is 10.9 Å². The van der Waals surface area contributed by atoms with Crippen LogP contribution < -0.4 is 21.7 Å². The molecule has 0 aliphatic carbocycles. The Kier molecular flexibility index (Phi) is 5.99. The van der Waals surface area contributed by atoms with Gasteiger partial charge in [-0.1, -0.05) is 35.3 Å². The van der Waals surface area contributed by atoms with Gasteiger partial charge < -0.3 is 15.6 Å². The second-order valence-electron chi connectivity index (χ2n) is 6.68. The maximum absolute atomic E-state index is 13.1. The lowest BCUT2D eigenvalue weighted by Crippen LogP contribution is -2.33. The summed E-state index contributed by atoms with van der Waals surface area (Å²) >= 11 is 12.6. The standard InChI is InChI=1S/C20H13Cl2FN6O4/c21-12-6-11(29-20(32)27-18(31)17(24)28-29)7-13(22)16(12)33-19-25-8-15(30)14(26-19)5-9-1-3-10(23)4-2-9/h1-4,6-8,30H,5H2,(H2,24,28)(H,27,31,32). The molecule has 0 bridgehead atoms. The van der Waals surface area contributed by atoms with Crippen LogP contribution in [-0.2, 0) is 6.42 Å². The third kappa shape index (κ3) is 4.78. The van der Waals surface area contributed by atoms with Gasteiger partial charge in [-0.05, 0) is 29.8 Å². The predicted octanol–water partition coefficient (Wildman–Crippen LogP) is 2.83. The summed E-state index contributed by atoms with van der Waals surface area (Å²) in [4.78, 5) is 33.5. The average molecular weight is 491 g/mol. The minimum Gasteiger partial charge on any atom is -0.504 e. The second-order valence-corrected chi connectivity index (χ2v) is 7.50. The van der Waals surface area contributed by atoms with E-state index in [9.17, 15) is 19.1 Å². The summed E-state index contributed by atoms with van der Waals surface area (Å²) in [6, 6.07) is 8.17. The Morgan fingerprint density at radius 2 is 1.82 bits per heavy atom. The number of hydrogen-bond donors (Lipinski definition) is 3. The van der Waals surface area contributed by atoms with Crippen molar-refractivity contribution in [3.8, 4) is 23.2 Å². The molecule has 0 saturated carbocycles. The average Bonchev–Trinajstić information content (AvgIpc) is 2.77. The molecule has 0 saturated heterocycles. The third-order valence-corrected chi connectivity index (χ3v) is 4.94. The summed E-state index contributed by atoms with van der Waals surface area (Å²) in [5, 5.41) is 13.7. The predicted molar refractivity (Wildman–Crippen MR) is 118 cm³/mol. The van der Waals surface area contributed by atoms with E-state index in [1.165, 1.54) is 24.3 Å². The van der Waals surface area contributed by atoms with E-state index in [1.807, 2.05) is 4.98 Å². The maximum Gasteiger partial charge on any atom is 0.349 e. The van der Waals surface area contributed by atoms with Gasteiger partial charge in [0.05, 0.1) is 27.6 Å². The first-order valence-electron chi connectivity index (χ1n) is 9.17. The molecule has 10 nitrogen and oxygen atoms in total. The quantitative estimate of drug-likeness (QED) is 0.386. The van der Waals surface area contributed by atoms with Crippen molar-refractivity contribution in [2.24, 2.45) is 0 Å². The lowest BCUT2D eigenvalue weighted by atomic mass is 10.1. The van der Waals surface area contributed by atoms with Crippen molar-refractivity contribution in [3.05, 3.63) is 90.6 Å². The van der Waals surface area contributed by atoms with Crippen LogP contribution in [0.5, 0.6) is 17.5 Å². The van der Waals surface area contributed by atoms with E-state index in [-0.39, 0.29) is 51.2 Å². The number of hydrogen-bond acceptors (Lipinski definition) is 8. The van der Waals surface area contributed by atoms with Crippen LogP contribution in [-0.4, -0.2) is 29.8 Å². The molecule has 0 fully saturated rings. The maximum atomic E-state index is 13.1. The van der Waals surface area contributed by atoms with E-state index < -0.39 is 17.1 Å². The lowest BCUT2D eigenvalue weighted by Gasteiger charge is -2.12. The largest absolute Gasteiger partial charge is 0.504 e. The third-order valence-electron chi connectivity index (χ3n) is 4.38. The van der Waals surface area contributed by atoms with Gasteiger partial charge in [-0.15, -0.1) is 5.10 Å². The molecule has 0 amide bonds. The molecule has 0 unspecified atom stereocenters. The van der Waals surface area contributed by atoms with Gasteiger partial charge in [-0.25, -0.2) is 9.18 Å². The number of aromatic amines is 1. The van der Waals surface area contributed by atoms with Crippen molar-refractivity contribution in [3.63, 3.8) is 0 Å². The first-order valence-corrected chi connectivity index (χ1v) is 9.92. The molecule has 0 atom stereocenters. The molecule has 2 aromatic heterocycles. The number of aromatic nitrogens is 5. The number of ether oxygens (including phenoxy) is 1. The fourth-order valence-corrected chi connectivity index (χ4v) is 3.37. The molecule has 0 aliphatic rings. The summed E-state index contributed by atoms with van der Waals surface area (Å²) in [5.74, 6) is -1.01. The van der Waals surface area contributed by atoms with Crippen LogP contribution in [0.15, 0.2) is 52.2 Å². The van der Waals surface area contributed by atoms with Crippen LogP contribution in [0.4, 0.5) is 10.2 Å². The number of nitrogens with zero attached hydrogens (tertiary/aromatic N) is 4. The fourth-order valence-electron chi connectivity index (χ4n) is 2.81. The van der Waals surface area contributed by atoms with E-state index >= 15 is 0 Å². The summed E-state index contributed by atoms with van der Waals surface area (Å²) in [6.45, 7) is 0. The smallest absolute Gasteiger partial charge is 0.349 e. The zero-order valence-electron chi connectivity index (χ0n) is 16.4. The molecule has 2 heterocycles. The number of nitrogen functional groups attached to an aromatic ring is 1. The fraction of sp³-hybridized carbons (Fsp3) is 0.0500. The molecule has 0 spiro atoms. The van der Waals surface area contributed by atoms with E-state index in [0.29, 0.717) is 5.56 Å². The second kappa shape index (κ2) is 8.88. The van der Waals surface area contributed by atoms with Gasteiger partial charge in [0.25, 0.3) is 5.56 Å². The minimum absolute atomic E-state index is 0.0206. The summed E-state index contributed by atoms with van der Waals surface area (Å²) < 4.78 is 19.5. The molecule has 0 aliphatic heterocycles. The highest BCUT2D eigenvalue weighted by atomic mass is 35.5. The molecule has 2 aromatic carbocycles. The highest BCUT2D eigenvalue weighted by Crippen LogP contribution is 2.37. The first kappa shape index (κ1) is 22.2. The topological polar surface area (TPSA) is 149 Å². The van der Waals surface area contributed by atoms with Crippen molar-refractivity contribution in [2.75, 3.05) is 5.73 Å². The van der Waals surface area contributed by atoms with E-state index in [1.54, 1.807) is 12.1 Å². The Balaban J connectivity index is 1.64.